The lowest BCUT2D eigenvalue weighted by Gasteiger charge is -2.28. The highest BCUT2D eigenvalue weighted by molar-refractivity contribution is 5.94. The molecule has 33 heavy (non-hydrogen) atoms. The molecule has 3 atom stereocenters. The van der Waals surface area contributed by atoms with E-state index >= 15 is 0 Å². The Balaban J connectivity index is 4.78. The van der Waals surface area contributed by atoms with Gasteiger partial charge in [-0.25, -0.2) is 0 Å². The Hall–Kier alpha value is -2.17. The van der Waals surface area contributed by atoms with Crippen LogP contribution in [-0.4, -0.2) is 59.5 Å². The van der Waals surface area contributed by atoms with E-state index in [1.165, 1.54) is 0 Å². The van der Waals surface area contributed by atoms with Gasteiger partial charge in [-0.3, -0.25) is 19.2 Å². The molecule has 0 spiro atoms. The van der Waals surface area contributed by atoms with E-state index in [1.807, 2.05) is 19.2 Å². The van der Waals surface area contributed by atoms with Gasteiger partial charge in [-0.05, 0) is 19.3 Å². The van der Waals surface area contributed by atoms with Crippen molar-refractivity contribution in [3.63, 3.8) is 0 Å². The second kappa shape index (κ2) is 12.9. The Bertz CT molecular complexity index is 688. The minimum absolute atomic E-state index is 0.124. The van der Waals surface area contributed by atoms with E-state index in [9.17, 15) is 37.5 Å². The molecule has 0 aliphatic carbocycles. The lowest BCUT2D eigenvalue weighted by atomic mass is 9.81. The summed E-state index contributed by atoms with van der Waals surface area (Å²) in [6, 6.07) is -0.713. The van der Waals surface area contributed by atoms with Crippen molar-refractivity contribution >= 4 is 23.5 Å². The number of hydrogen-bond donors (Lipinski definition) is 4. The average molecular weight is 482 g/mol. The molecule has 0 aromatic rings. The molecular weight excluding hydrogens is 443 g/mol. The third kappa shape index (κ3) is 11.5. The van der Waals surface area contributed by atoms with Crippen molar-refractivity contribution in [1.82, 2.24) is 16.0 Å². The Morgan fingerprint density at radius 3 is 1.85 bits per heavy atom. The first-order valence-corrected chi connectivity index (χ1v) is 11.1. The van der Waals surface area contributed by atoms with Crippen LogP contribution in [0.4, 0.5) is 13.2 Å². The molecule has 0 bridgehead atoms. The fourth-order valence-electron chi connectivity index (χ4n) is 3.13. The molecule has 4 N–H and O–H groups in total. The molecular formula is C22H38F3N3O5. The van der Waals surface area contributed by atoms with Crippen molar-refractivity contribution in [2.75, 3.05) is 13.1 Å². The van der Waals surface area contributed by atoms with E-state index in [0.717, 1.165) is 19.3 Å². The highest BCUT2D eigenvalue weighted by Crippen LogP contribution is 2.32. The molecule has 0 saturated carbocycles. The van der Waals surface area contributed by atoms with E-state index in [-0.39, 0.29) is 11.7 Å². The van der Waals surface area contributed by atoms with Gasteiger partial charge in [-0.2, -0.15) is 13.2 Å². The van der Waals surface area contributed by atoms with Crippen molar-refractivity contribution in [2.45, 2.75) is 91.5 Å². The molecule has 0 saturated heterocycles. The first-order valence-electron chi connectivity index (χ1n) is 11.1. The first kappa shape index (κ1) is 30.8. The largest absolute Gasteiger partial charge is 0.417 e. The fraction of sp³-hybridized carbons (Fsp3) is 0.818. The second-order valence-corrected chi connectivity index (χ2v) is 9.53. The van der Waals surface area contributed by atoms with E-state index in [2.05, 4.69) is 10.6 Å². The number of hydrogen-bond acceptors (Lipinski definition) is 5. The van der Waals surface area contributed by atoms with Crippen LogP contribution in [0.15, 0.2) is 0 Å². The Morgan fingerprint density at radius 2 is 1.39 bits per heavy atom. The van der Waals surface area contributed by atoms with Crippen LogP contribution in [0.3, 0.4) is 0 Å². The quantitative estimate of drug-likeness (QED) is 0.321. The van der Waals surface area contributed by atoms with Crippen molar-refractivity contribution < 1.29 is 37.5 Å². The maximum absolute atomic E-state index is 12.8. The Kier molecular flexibility index (Phi) is 12.1. The zero-order chi connectivity index (χ0) is 26.0. The number of alkyl halides is 3. The zero-order valence-electron chi connectivity index (χ0n) is 20.3. The molecule has 3 amide bonds. The van der Waals surface area contributed by atoms with Crippen molar-refractivity contribution in [3.05, 3.63) is 0 Å². The third-order valence-electron chi connectivity index (χ3n) is 5.24. The molecule has 11 heteroatoms. The lowest BCUT2D eigenvalue weighted by molar-refractivity contribution is -0.253. The SMILES string of the molecule is CCCC(CC)CC(NC(=O)CNC(=O)CNC(=O)CC(C)(O)C(F)(F)F)C(=O)C(C)(C)C. The minimum atomic E-state index is -5.00. The lowest BCUT2D eigenvalue weighted by Crippen LogP contribution is -2.50. The molecule has 8 nitrogen and oxygen atoms in total. The molecule has 0 fully saturated rings. The van der Waals surface area contributed by atoms with E-state index < -0.39 is 60.5 Å². The van der Waals surface area contributed by atoms with Gasteiger partial charge in [-0.1, -0.05) is 53.9 Å². The van der Waals surface area contributed by atoms with Gasteiger partial charge in [-0.15, -0.1) is 0 Å². The van der Waals surface area contributed by atoms with Crippen molar-refractivity contribution in [2.24, 2.45) is 11.3 Å². The van der Waals surface area contributed by atoms with Gasteiger partial charge in [0.1, 0.15) is 0 Å². The van der Waals surface area contributed by atoms with E-state index in [0.29, 0.717) is 13.3 Å². The van der Waals surface area contributed by atoms with Crippen molar-refractivity contribution in [3.8, 4) is 0 Å². The summed E-state index contributed by atoms with van der Waals surface area (Å²) in [6.07, 6.45) is -3.07. The zero-order valence-corrected chi connectivity index (χ0v) is 20.3. The number of halogens is 3. The standard InChI is InChI=1S/C22H38F3N3O5/c1-7-9-14(8-2)10-15(19(32)20(3,4)5)28-18(31)13-27-17(30)12-26-16(29)11-21(6,33)22(23,24)25/h14-15,33H,7-13H2,1-6H3,(H,26,29)(H,27,30)(H,28,31). The van der Waals surface area contributed by atoms with Gasteiger partial charge in [0.2, 0.25) is 17.7 Å². The van der Waals surface area contributed by atoms with Crippen LogP contribution in [0.1, 0.15) is 73.6 Å². The van der Waals surface area contributed by atoms with Gasteiger partial charge in [0.05, 0.1) is 25.6 Å². The summed E-state index contributed by atoms with van der Waals surface area (Å²) in [4.78, 5) is 48.6. The smallest absolute Gasteiger partial charge is 0.380 e. The fourth-order valence-corrected chi connectivity index (χ4v) is 3.13. The molecule has 0 radical (unpaired) electrons. The number of nitrogens with one attached hydrogen (secondary N) is 3. The molecule has 3 unspecified atom stereocenters. The molecule has 0 aromatic carbocycles. The van der Waals surface area contributed by atoms with Crippen LogP contribution < -0.4 is 16.0 Å². The second-order valence-electron chi connectivity index (χ2n) is 9.53. The van der Waals surface area contributed by atoms with Crippen LogP contribution in [0.2, 0.25) is 0 Å². The molecule has 192 valence electrons. The molecule has 0 heterocycles. The number of carbonyl (C=O) groups excluding carboxylic acids is 4. The van der Waals surface area contributed by atoms with Crippen molar-refractivity contribution in [1.29, 1.82) is 0 Å². The summed E-state index contributed by atoms with van der Waals surface area (Å²) in [5.41, 5.74) is -3.90. The molecule has 0 rings (SSSR count). The minimum Gasteiger partial charge on any atom is -0.380 e. The number of carbonyl (C=O) groups is 4. The van der Waals surface area contributed by atoms with E-state index in [4.69, 9.17) is 0 Å². The van der Waals surface area contributed by atoms with Crippen LogP contribution in [0, 0.1) is 11.3 Å². The third-order valence-corrected chi connectivity index (χ3v) is 5.24. The Morgan fingerprint density at radius 1 is 0.879 bits per heavy atom. The summed E-state index contributed by atoms with van der Waals surface area (Å²) in [6.45, 7) is 8.66. The van der Waals surface area contributed by atoms with Gasteiger partial charge in [0.15, 0.2) is 11.4 Å². The summed E-state index contributed by atoms with van der Waals surface area (Å²) >= 11 is 0. The van der Waals surface area contributed by atoms with Gasteiger partial charge in [0.25, 0.3) is 0 Å². The maximum atomic E-state index is 12.8. The highest BCUT2D eigenvalue weighted by Gasteiger charge is 2.51. The summed E-state index contributed by atoms with van der Waals surface area (Å²) in [5.74, 6) is -2.44. The molecule has 0 aliphatic heterocycles. The average Bonchev–Trinajstić information content (AvgIpc) is 2.67. The van der Waals surface area contributed by atoms with E-state index in [1.54, 1.807) is 20.8 Å². The van der Waals surface area contributed by atoms with Gasteiger partial charge < -0.3 is 21.1 Å². The van der Waals surface area contributed by atoms with Crippen LogP contribution in [-0.2, 0) is 19.2 Å². The predicted octanol–water partition coefficient (Wildman–Crippen LogP) is 2.24. The number of aliphatic hydroxyl groups is 1. The monoisotopic (exact) mass is 481 g/mol. The van der Waals surface area contributed by atoms with Gasteiger partial charge in [0, 0.05) is 5.41 Å². The molecule has 0 aliphatic rings. The van der Waals surface area contributed by atoms with Gasteiger partial charge >= 0.3 is 6.18 Å². The summed E-state index contributed by atoms with van der Waals surface area (Å²) < 4.78 is 37.8. The number of amides is 3. The predicted molar refractivity (Wildman–Crippen MR) is 117 cm³/mol. The first-order chi connectivity index (χ1) is 14.9. The number of rotatable bonds is 13. The number of ketones is 1. The normalized spacial score (nSPS) is 15.7. The number of Topliss-reactive ketones (excluding diaryl/α,β-unsaturated/α-hetero) is 1. The topological polar surface area (TPSA) is 125 Å². The van der Waals surface area contributed by atoms with Crippen LogP contribution >= 0.6 is 0 Å². The summed E-state index contributed by atoms with van der Waals surface area (Å²) in [7, 11) is 0. The highest BCUT2D eigenvalue weighted by atomic mass is 19.4. The van der Waals surface area contributed by atoms with Crippen LogP contribution in [0.25, 0.3) is 0 Å². The Labute approximate surface area is 193 Å². The molecule has 0 aromatic heterocycles. The maximum Gasteiger partial charge on any atom is 0.417 e. The van der Waals surface area contributed by atoms with Crippen LogP contribution in [0.5, 0.6) is 0 Å². The summed E-state index contributed by atoms with van der Waals surface area (Å²) in [5, 5.41) is 16.2.